The number of pyridine rings is 1. The van der Waals surface area contributed by atoms with Crippen molar-refractivity contribution in [1.82, 2.24) is 4.98 Å². The number of aromatic nitrogens is 1. The second-order valence-corrected chi connectivity index (χ2v) is 4.81. The van der Waals surface area contributed by atoms with Crippen molar-refractivity contribution < 1.29 is 14.6 Å². The van der Waals surface area contributed by atoms with Crippen LogP contribution in [0.3, 0.4) is 0 Å². The molecule has 0 radical (unpaired) electrons. The highest BCUT2D eigenvalue weighted by Crippen LogP contribution is 2.30. The van der Waals surface area contributed by atoms with Gasteiger partial charge in [-0.15, -0.1) is 0 Å². The third-order valence-corrected chi connectivity index (χ3v) is 3.02. The summed E-state index contributed by atoms with van der Waals surface area (Å²) >= 11 is 3.35. The van der Waals surface area contributed by atoms with E-state index in [0.717, 1.165) is 10.0 Å². The number of nitrogen functional groups attached to an aromatic ring is 1. The smallest absolute Gasteiger partial charge is 0.338 e. The lowest BCUT2D eigenvalue weighted by Crippen LogP contribution is -2.05. The lowest BCUT2D eigenvalue weighted by molar-refractivity contribution is 0.0697. The zero-order chi connectivity index (χ0) is 14.0. The fourth-order valence-corrected chi connectivity index (χ4v) is 2.03. The molecule has 0 atom stereocenters. The van der Waals surface area contributed by atoms with Gasteiger partial charge in [0.05, 0.1) is 5.56 Å². The van der Waals surface area contributed by atoms with Crippen LogP contribution < -0.4 is 10.5 Å². The maximum atomic E-state index is 11.0. The topological polar surface area (TPSA) is 85.4 Å². The first-order valence-corrected chi connectivity index (χ1v) is 6.20. The van der Waals surface area contributed by atoms with Gasteiger partial charge in [-0.2, -0.15) is 0 Å². The van der Waals surface area contributed by atoms with E-state index in [2.05, 4.69) is 20.9 Å². The standard InChI is InChI=1S/C13H11BrN2O3/c1-7-6-8(14)2-3-10(7)19-12-11(15)9(13(17)18)4-5-16-12/h2-6H,15H2,1H3,(H,17,18). The summed E-state index contributed by atoms with van der Waals surface area (Å²) in [4.78, 5) is 14.9. The van der Waals surface area contributed by atoms with E-state index in [9.17, 15) is 4.79 Å². The SMILES string of the molecule is Cc1cc(Br)ccc1Oc1nccc(C(=O)O)c1N. The van der Waals surface area contributed by atoms with Crippen molar-refractivity contribution in [1.29, 1.82) is 0 Å². The van der Waals surface area contributed by atoms with Gasteiger partial charge < -0.3 is 15.6 Å². The molecule has 5 nitrogen and oxygen atoms in total. The molecule has 0 aliphatic rings. The van der Waals surface area contributed by atoms with Crippen LogP contribution in [0, 0.1) is 6.92 Å². The summed E-state index contributed by atoms with van der Waals surface area (Å²) < 4.78 is 6.49. The van der Waals surface area contributed by atoms with Gasteiger partial charge in [-0.1, -0.05) is 15.9 Å². The van der Waals surface area contributed by atoms with E-state index < -0.39 is 5.97 Å². The van der Waals surface area contributed by atoms with Crippen LogP contribution in [0.25, 0.3) is 0 Å². The first kappa shape index (κ1) is 13.4. The second-order valence-electron chi connectivity index (χ2n) is 3.89. The Kier molecular flexibility index (Phi) is 3.71. The number of halogens is 1. The molecule has 0 saturated heterocycles. The number of carboxylic acids is 1. The maximum Gasteiger partial charge on any atom is 0.338 e. The minimum absolute atomic E-state index is 0.0114. The van der Waals surface area contributed by atoms with E-state index in [1.807, 2.05) is 19.1 Å². The molecule has 0 fully saturated rings. The largest absolute Gasteiger partial charge is 0.478 e. The van der Waals surface area contributed by atoms with Gasteiger partial charge in [0.1, 0.15) is 11.4 Å². The molecule has 98 valence electrons. The average Bonchev–Trinajstić information content (AvgIpc) is 2.34. The van der Waals surface area contributed by atoms with Crippen LogP contribution in [-0.2, 0) is 0 Å². The van der Waals surface area contributed by atoms with Crippen molar-refractivity contribution in [3.05, 3.63) is 46.1 Å². The third-order valence-electron chi connectivity index (χ3n) is 2.53. The normalized spacial score (nSPS) is 10.2. The molecular weight excluding hydrogens is 312 g/mol. The minimum atomic E-state index is -1.11. The molecular formula is C13H11BrN2O3. The Labute approximate surface area is 118 Å². The number of rotatable bonds is 3. The van der Waals surface area contributed by atoms with Crippen LogP contribution in [0.4, 0.5) is 5.69 Å². The van der Waals surface area contributed by atoms with Crippen molar-refractivity contribution in [2.75, 3.05) is 5.73 Å². The Morgan fingerprint density at radius 3 is 2.79 bits per heavy atom. The fourth-order valence-electron chi connectivity index (χ4n) is 1.55. The summed E-state index contributed by atoms with van der Waals surface area (Å²) in [5.74, 6) is -0.451. The first-order valence-electron chi connectivity index (χ1n) is 5.41. The summed E-state index contributed by atoms with van der Waals surface area (Å²) in [5, 5.41) is 8.98. The average molecular weight is 323 g/mol. The van der Waals surface area contributed by atoms with Gasteiger partial charge in [0.25, 0.3) is 0 Å². The summed E-state index contributed by atoms with van der Waals surface area (Å²) in [7, 11) is 0. The van der Waals surface area contributed by atoms with E-state index in [4.69, 9.17) is 15.6 Å². The van der Waals surface area contributed by atoms with Crippen LogP contribution in [0.5, 0.6) is 11.6 Å². The van der Waals surface area contributed by atoms with E-state index in [1.54, 1.807) is 6.07 Å². The number of aryl methyl sites for hydroxylation is 1. The maximum absolute atomic E-state index is 11.0. The van der Waals surface area contributed by atoms with Crippen molar-refractivity contribution in [3.8, 4) is 11.6 Å². The minimum Gasteiger partial charge on any atom is -0.478 e. The Bertz CT molecular complexity index is 644. The molecule has 1 aromatic carbocycles. The Balaban J connectivity index is 2.38. The Hall–Kier alpha value is -2.08. The molecule has 0 bridgehead atoms. The lowest BCUT2D eigenvalue weighted by Gasteiger charge is -2.11. The van der Waals surface area contributed by atoms with Crippen molar-refractivity contribution in [3.63, 3.8) is 0 Å². The predicted octanol–water partition coefficient (Wildman–Crippen LogP) is 3.23. The quantitative estimate of drug-likeness (QED) is 0.906. The molecule has 1 aromatic heterocycles. The molecule has 2 rings (SSSR count). The highest BCUT2D eigenvalue weighted by Gasteiger charge is 2.14. The highest BCUT2D eigenvalue weighted by molar-refractivity contribution is 9.10. The fraction of sp³-hybridized carbons (Fsp3) is 0.0769. The zero-order valence-electron chi connectivity index (χ0n) is 10.1. The Morgan fingerprint density at radius 2 is 2.16 bits per heavy atom. The molecule has 6 heteroatoms. The van der Waals surface area contributed by atoms with Crippen molar-refractivity contribution >= 4 is 27.6 Å². The molecule has 0 saturated carbocycles. The molecule has 0 aliphatic carbocycles. The first-order chi connectivity index (χ1) is 8.99. The number of anilines is 1. The molecule has 2 aromatic rings. The zero-order valence-corrected chi connectivity index (χ0v) is 11.6. The number of nitrogens with zero attached hydrogens (tertiary/aromatic N) is 1. The monoisotopic (exact) mass is 322 g/mol. The number of aromatic carboxylic acids is 1. The molecule has 0 amide bonds. The van der Waals surface area contributed by atoms with E-state index >= 15 is 0 Å². The second kappa shape index (κ2) is 5.27. The van der Waals surface area contributed by atoms with Crippen molar-refractivity contribution in [2.24, 2.45) is 0 Å². The number of ether oxygens (including phenoxy) is 1. The Morgan fingerprint density at radius 1 is 1.42 bits per heavy atom. The number of hydrogen-bond acceptors (Lipinski definition) is 4. The molecule has 3 N–H and O–H groups in total. The number of hydrogen-bond donors (Lipinski definition) is 2. The number of carbonyl (C=O) groups is 1. The van der Waals surface area contributed by atoms with Crippen LogP contribution in [0.15, 0.2) is 34.9 Å². The summed E-state index contributed by atoms with van der Waals surface area (Å²) in [6.07, 6.45) is 1.35. The number of benzene rings is 1. The van der Waals surface area contributed by atoms with E-state index in [1.165, 1.54) is 12.3 Å². The van der Waals surface area contributed by atoms with Crippen LogP contribution >= 0.6 is 15.9 Å². The van der Waals surface area contributed by atoms with Crippen LogP contribution in [0.2, 0.25) is 0 Å². The summed E-state index contributed by atoms with van der Waals surface area (Å²) in [6.45, 7) is 1.87. The molecule has 0 spiro atoms. The van der Waals surface area contributed by atoms with Gasteiger partial charge >= 0.3 is 5.97 Å². The number of carboxylic acid groups (broad SMARTS) is 1. The number of nitrogens with two attached hydrogens (primary N) is 1. The third kappa shape index (κ3) is 2.85. The van der Waals surface area contributed by atoms with Crippen LogP contribution in [0.1, 0.15) is 15.9 Å². The van der Waals surface area contributed by atoms with Crippen LogP contribution in [-0.4, -0.2) is 16.1 Å². The molecule has 1 heterocycles. The van der Waals surface area contributed by atoms with Crippen molar-refractivity contribution in [2.45, 2.75) is 6.92 Å². The van der Waals surface area contributed by atoms with Gasteiger partial charge in [-0.3, -0.25) is 0 Å². The van der Waals surface area contributed by atoms with Gasteiger partial charge in [-0.05, 0) is 36.8 Å². The van der Waals surface area contributed by atoms with Gasteiger partial charge in [0, 0.05) is 10.7 Å². The van der Waals surface area contributed by atoms with Gasteiger partial charge in [0.15, 0.2) is 0 Å². The molecule has 0 unspecified atom stereocenters. The predicted molar refractivity (Wildman–Crippen MR) is 74.6 cm³/mol. The molecule has 19 heavy (non-hydrogen) atoms. The summed E-state index contributed by atoms with van der Waals surface area (Å²) in [6, 6.07) is 6.79. The summed E-state index contributed by atoms with van der Waals surface area (Å²) in [5.41, 5.74) is 6.60. The highest BCUT2D eigenvalue weighted by atomic mass is 79.9. The molecule has 0 aliphatic heterocycles. The van der Waals surface area contributed by atoms with Gasteiger partial charge in [-0.25, -0.2) is 9.78 Å². The van der Waals surface area contributed by atoms with E-state index in [-0.39, 0.29) is 17.1 Å². The lowest BCUT2D eigenvalue weighted by atomic mass is 10.2. The van der Waals surface area contributed by atoms with E-state index in [0.29, 0.717) is 5.75 Å². The van der Waals surface area contributed by atoms with Gasteiger partial charge in [0.2, 0.25) is 5.88 Å².